The Morgan fingerprint density at radius 2 is 2.03 bits per heavy atom. The van der Waals surface area contributed by atoms with E-state index < -0.39 is 5.97 Å². The number of rotatable bonds is 5. The van der Waals surface area contributed by atoms with Crippen LogP contribution < -0.4 is 4.74 Å². The normalized spacial score (nSPS) is 24.9. The topological polar surface area (TPSA) is 55.8 Å². The molecule has 1 fully saturated rings. The van der Waals surface area contributed by atoms with Crippen LogP contribution in [0.2, 0.25) is 0 Å². The molecule has 0 aromatic heterocycles. The number of hydrogen-bond acceptors (Lipinski definition) is 3. The molecule has 0 aliphatic carbocycles. The number of carboxylic acid groups (broad SMARTS) is 1. The predicted octanol–water partition coefficient (Wildman–Crippen LogP) is 6.42. The molecule has 2 aliphatic heterocycles. The van der Waals surface area contributed by atoms with E-state index in [1.165, 1.54) is 5.57 Å². The Balaban J connectivity index is 1.73. The number of ether oxygens (including phenoxy) is 2. The molecule has 3 atom stereocenters. The standard InChI is InChI=1S/C26H30O4/c1-17(2)8-6-14-26(3)22-11-7-15-29-24(22)21-16-18(12-13-23(21)30-26)19-9-4-5-10-20(19)25(27)28/h4-5,8-10,12-13,16,22,24H,6-7,11,14-15H2,1-3H3,(H,27,28)/t22-,24+,26+/m1/s1. The highest BCUT2D eigenvalue weighted by molar-refractivity contribution is 5.96. The Hall–Kier alpha value is -2.59. The molecule has 158 valence electrons. The summed E-state index contributed by atoms with van der Waals surface area (Å²) in [5.41, 5.74) is 4.00. The second-order valence-corrected chi connectivity index (χ2v) is 8.88. The molecule has 2 aromatic carbocycles. The molecule has 4 heteroatoms. The Morgan fingerprint density at radius 3 is 2.80 bits per heavy atom. The van der Waals surface area contributed by atoms with Crippen molar-refractivity contribution in [2.75, 3.05) is 6.61 Å². The van der Waals surface area contributed by atoms with Crippen LogP contribution in [0.15, 0.2) is 54.1 Å². The van der Waals surface area contributed by atoms with Crippen LogP contribution in [-0.4, -0.2) is 23.3 Å². The van der Waals surface area contributed by atoms with Crippen LogP contribution in [0.1, 0.15) is 68.5 Å². The van der Waals surface area contributed by atoms with Gasteiger partial charge >= 0.3 is 5.97 Å². The van der Waals surface area contributed by atoms with Gasteiger partial charge in [0.25, 0.3) is 0 Å². The van der Waals surface area contributed by atoms with Crippen molar-refractivity contribution in [1.82, 2.24) is 0 Å². The molecule has 4 nitrogen and oxygen atoms in total. The first kappa shape index (κ1) is 20.7. The van der Waals surface area contributed by atoms with E-state index in [2.05, 4.69) is 32.9 Å². The van der Waals surface area contributed by atoms with Gasteiger partial charge in [-0.25, -0.2) is 4.79 Å². The zero-order chi connectivity index (χ0) is 21.3. The summed E-state index contributed by atoms with van der Waals surface area (Å²) in [5, 5.41) is 9.59. The molecule has 0 amide bonds. The van der Waals surface area contributed by atoms with E-state index >= 15 is 0 Å². The van der Waals surface area contributed by atoms with Gasteiger partial charge in [0.1, 0.15) is 11.4 Å². The van der Waals surface area contributed by atoms with Crippen molar-refractivity contribution in [3.05, 3.63) is 65.2 Å². The number of aromatic carboxylic acids is 1. The average molecular weight is 407 g/mol. The monoisotopic (exact) mass is 406 g/mol. The zero-order valence-corrected chi connectivity index (χ0v) is 18.0. The van der Waals surface area contributed by atoms with Gasteiger partial charge in [0, 0.05) is 18.1 Å². The van der Waals surface area contributed by atoms with Gasteiger partial charge in [-0.15, -0.1) is 0 Å². The smallest absolute Gasteiger partial charge is 0.336 e. The van der Waals surface area contributed by atoms with Crippen LogP contribution >= 0.6 is 0 Å². The molecular formula is C26H30O4. The lowest BCUT2D eigenvalue weighted by Gasteiger charge is -2.49. The number of carbonyl (C=O) groups is 1. The van der Waals surface area contributed by atoms with Crippen molar-refractivity contribution < 1.29 is 19.4 Å². The molecule has 2 aliphatic rings. The quantitative estimate of drug-likeness (QED) is 0.582. The van der Waals surface area contributed by atoms with Crippen molar-refractivity contribution in [2.24, 2.45) is 5.92 Å². The summed E-state index contributed by atoms with van der Waals surface area (Å²) in [4.78, 5) is 11.7. The highest BCUT2D eigenvalue weighted by Crippen LogP contribution is 2.51. The summed E-state index contributed by atoms with van der Waals surface area (Å²) < 4.78 is 12.9. The summed E-state index contributed by atoms with van der Waals surface area (Å²) in [7, 11) is 0. The average Bonchev–Trinajstić information content (AvgIpc) is 2.73. The number of benzene rings is 2. The minimum Gasteiger partial charge on any atom is -0.487 e. The fraction of sp³-hybridized carbons (Fsp3) is 0.423. The van der Waals surface area contributed by atoms with Crippen LogP contribution in [0, 0.1) is 5.92 Å². The van der Waals surface area contributed by atoms with Crippen LogP contribution in [0.4, 0.5) is 0 Å². The molecule has 0 spiro atoms. The molecule has 30 heavy (non-hydrogen) atoms. The lowest BCUT2D eigenvalue weighted by molar-refractivity contribution is -0.126. The highest BCUT2D eigenvalue weighted by atomic mass is 16.5. The molecule has 0 radical (unpaired) electrons. The fourth-order valence-electron chi connectivity index (χ4n) is 4.88. The number of carboxylic acids is 1. The molecule has 4 rings (SSSR count). The van der Waals surface area contributed by atoms with E-state index in [0.29, 0.717) is 5.56 Å². The molecule has 2 aromatic rings. The Kier molecular flexibility index (Phi) is 5.70. The maximum absolute atomic E-state index is 11.7. The number of allylic oxidation sites excluding steroid dienone is 2. The van der Waals surface area contributed by atoms with Gasteiger partial charge < -0.3 is 14.6 Å². The van der Waals surface area contributed by atoms with Crippen LogP contribution in [-0.2, 0) is 4.74 Å². The van der Waals surface area contributed by atoms with E-state index in [0.717, 1.165) is 54.7 Å². The van der Waals surface area contributed by atoms with Crippen molar-refractivity contribution in [3.8, 4) is 16.9 Å². The molecule has 1 N–H and O–H groups in total. The van der Waals surface area contributed by atoms with E-state index in [-0.39, 0.29) is 17.6 Å². The Labute approximate surface area is 178 Å². The summed E-state index contributed by atoms with van der Waals surface area (Å²) in [5.74, 6) is 0.224. The molecule has 2 heterocycles. The van der Waals surface area contributed by atoms with Crippen molar-refractivity contribution in [1.29, 1.82) is 0 Å². The minimum atomic E-state index is -0.918. The zero-order valence-electron chi connectivity index (χ0n) is 18.0. The largest absolute Gasteiger partial charge is 0.487 e. The number of hydrogen-bond donors (Lipinski definition) is 1. The Morgan fingerprint density at radius 1 is 1.23 bits per heavy atom. The predicted molar refractivity (Wildman–Crippen MR) is 118 cm³/mol. The molecule has 0 unspecified atom stereocenters. The van der Waals surface area contributed by atoms with E-state index in [1.54, 1.807) is 12.1 Å². The van der Waals surface area contributed by atoms with Gasteiger partial charge in [-0.1, -0.05) is 35.9 Å². The summed E-state index contributed by atoms with van der Waals surface area (Å²) in [6, 6.07) is 13.1. The first-order chi connectivity index (χ1) is 14.4. The van der Waals surface area contributed by atoms with Gasteiger partial charge in [0.15, 0.2) is 0 Å². The van der Waals surface area contributed by atoms with Gasteiger partial charge in [0.05, 0.1) is 11.7 Å². The summed E-state index contributed by atoms with van der Waals surface area (Å²) in [6.07, 6.45) is 6.31. The molecule has 0 saturated carbocycles. The molecular weight excluding hydrogens is 376 g/mol. The summed E-state index contributed by atoms with van der Waals surface area (Å²) >= 11 is 0. The van der Waals surface area contributed by atoms with E-state index in [9.17, 15) is 9.90 Å². The van der Waals surface area contributed by atoms with Gasteiger partial charge in [-0.3, -0.25) is 0 Å². The second-order valence-electron chi connectivity index (χ2n) is 8.88. The molecule has 0 bridgehead atoms. The Bertz CT molecular complexity index is 973. The third-order valence-electron chi connectivity index (χ3n) is 6.43. The second kappa shape index (κ2) is 8.27. The van der Waals surface area contributed by atoms with E-state index in [4.69, 9.17) is 9.47 Å². The van der Waals surface area contributed by atoms with Crippen LogP contribution in [0.3, 0.4) is 0 Å². The van der Waals surface area contributed by atoms with Crippen molar-refractivity contribution in [3.63, 3.8) is 0 Å². The molecule has 1 saturated heterocycles. The lowest BCUT2D eigenvalue weighted by Crippen LogP contribution is -2.49. The lowest BCUT2D eigenvalue weighted by atomic mass is 9.73. The fourth-order valence-corrected chi connectivity index (χ4v) is 4.88. The third-order valence-corrected chi connectivity index (χ3v) is 6.43. The van der Waals surface area contributed by atoms with Gasteiger partial charge in [-0.05, 0) is 75.8 Å². The van der Waals surface area contributed by atoms with Crippen LogP contribution in [0.5, 0.6) is 5.75 Å². The van der Waals surface area contributed by atoms with Gasteiger partial charge in [0.2, 0.25) is 0 Å². The maximum Gasteiger partial charge on any atom is 0.336 e. The van der Waals surface area contributed by atoms with Crippen LogP contribution in [0.25, 0.3) is 11.1 Å². The minimum absolute atomic E-state index is 0.0175. The van der Waals surface area contributed by atoms with E-state index in [1.807, 2.05) is 24.3 Å². The number of fused-ring (bicyclic) bond motifs is 3. The first-order valence-electron chi connectivity index (χ1n) is 10.8. The maximum atomic E-state index is 11.7. The van der Waals surface area contributed by atoms with Crippen molar-refractivity contribution >= 4 is 5.97 Å². The summed E-state index contributed by atoms with van der Waals surface area (Å²) in [6.45, 7) is 7.22. The third kappa shape index (κ3) is 3.89. The SMILES string of the molecule is CC(C)=CCC[C@]1(C)Oc2ccc(-c3ccccc3C(=O)O)cc2[C@@H]2OCCC[C@H]21. The highest BCUT2D eigenvalue weighted by Gasteiger charge is 2.48. The van der Waals surface area contributed by atoms with Gasteiger partial charge in [-0.2, -0.15) is 0 Å². The van der Waals surface area contributed by atoms with Crippen molar-refractivity contribution in [2.45, 2.75) is 58.2 Å². The first-order valence-corrected chi connectivity index (χ1v) is 10.8.